The van der Waals surface area contributed by atoms with Gasteiger partial charge < -0.3 is 4.72 Å². The molecule has 0 aromatic carbocycles. The molecule has 0 aromatic heterocycles. The van der Waals surface area contributed by atoms with Crippen molar-refractivity contribution in [2.24, 2.45) is 5.18 Å². The second kappa shape index (κ2) is 10.7. The summed E-state index contributed by atoms with van der Waals surface area (Å²) in [5.74, 6) is 0.481. The summed E-state index contributed by atoms with van der Waals surface area (Å²) in [6.07, 6.45) is 12.2. The Morgan fingerprint density at radius 1 is 1.40 bits per heavy atom. The summed E-state index contributed by atoms with van der Waals surface area (Å²) in [7, 11) is 0. The normalized spacial score (nSPS) is 15.1. The van der Waals surface area contributed by atoms with Gasteiger partial charge in [0.05, 0.1) is 0 Å². The maximum atomic E-state index is 10.7. The van der Waals surface area contributed by atoms with Gasteiger partial charge in [-0.15, -0.1) is 4.91 Å². The number of carbonyl (C=O) groups is 1. The van der Waals surface area contributed by atoms with E-state index < -0.39 is 5.91 Å². The molecule has 0 aliphatic heterocycles. The first-order chi connectivity index (χ1) is 9.77. The zero-order chi connectivity index (χ0) is 14.6. The predicted molar refractivity (Wildman–Crippen MR) is 85.2 cm³/mol. The number of allylic oxidation sites excluding steroid dienone is 3. The molecule has 0 fully saturated rings. The molecule has 0 bridgehead atoms. The molecular formula is C15H24N2O2S. The van der Waals surface area contributed by atoms with Crippen LogP contribution in [0.5, 0.6) is 0 Å². The van der Waals surface area contributed by atoms with Crippen LogP contribution in [-0.4, -0.2) is 11.7 Å². The van der Waals surface area contributed by atoms with Crippen molar-refractivity contribution in [2.75, 3.05) is 5.75 Å². The first-order valence-corrected chi connectivity index (χ1v) is 8.39. The minimum Gasteiger partial charge on any atom is -0.330 e. The number of carbonyl (C=O) groups excluding carboxylic acids is 1. The summed E-state index contributed by atoms with van der Waals surface area (Å²) in [6.45, 7) is 2.21. The van der Waals surface area contributed by atoms with Gasteiger partial charge in [-0.05, 0) is 50.2 Å². The van der Waals surface area contributed by atoms with E-state index in [1.807, 2.05) is 0 Å². The van der Waals surface area contributed by atoms with Crippen LogP contribution >= 0.6 is 11.9 Å². The molecule has 0 unspecified atom stereocenters. The third-order valence-electron chi connectivity index (χ3n) is 3.36. The fraction of sp³-hybridized carbons (Fsp3) is 0.667. The lowest BCUT2D eigenvalue weighted by molar-refractivity contribution is -0.118. The molecule has 0 heterocycles. The fourth-order valence-corrected chi connectivity index (χ4v) is 2.98. The molecule has 1 N–H and O–H groups in total. The highest BCUT2D eigenvalue weighted by atomic mass is 32.2. The van der Waals surface area contributed by atoms with E-state index in [-0.39, 0.29) is 6.42 Å². The maximum absolute atomic E-state index is 10.7. The first-order valence-electron chi connectivity index (χ1n) is 7.40. The average Bonchev–Trinajstić information content (AvgIpc) is 2.70. The average molecular weight is 296 g/mol. The lowest BCUT2D eigenvalue weighted by Crippen LogP contribution is -2.05. The molecule has 1 amide bonds. The summed E-state index contributed by atoms with van der Waals surface area (Å²) >= 11 is 1.72. The molecule has 0 aromatic rings. The van der Waals surface area contributed by atoms with Gasteiger partial charge in [0.25, 0.3) is 5.91 Å². The molecule has 0 spiro atoms. The Labute approximate surface area is 125 Å². The van der Waals surface area contributed by atoms with E-state index in [9.17, 15) is 9.70 Å². The molecule has 4 nitrogen and oxygen atoms in total. The second-order valence-electron chi connectivity index (χ2n) is 4.91. The van der Waals surface area contributed by atoms with E-state index in [4.69, 9.17) is 0 Å². The highest BCUT2D eigenvalue weighted by Crippen LogP contribution is 2.21. The molecule has 1 rings (SSSR count). The molecule has 1 aliphatic carbocycles. The van der Waals surface area contributed by atoms with Crippen molar-refractivity contribution in [2.45, 2.75) is 58.3 Å². The molecule has 0 saturated carbocycles. The van der Waals surface area contributed by atoms with Gasteiger partial charge in [0, 0.05) is 23.0 Å². The smallest absolute Gasteiger partial charge is 0.286 e. The summed E-state index contributed by atoms with van der Waals surface area (Å²) in [5.41, 5.74) is 2.78. The third-order valence-corrected chi connectivity index (χ3v) is 4.22. The van der Waals surface area contributed by atoms with E-state index >= 15 is 0 Å². The van der Waals surface area contributed by atoms with Crippen LogP contribution in [0.2, 0.25) is 0 Å². The highest BCUT2D eigenvalue weighted by Gasteiger charge is 2.05. The lowest BCUT2D eigenvalue weighted by atomic mass is 10.1. The fourth-order valence-electron chi connectivity index (χ4n) is 2.16. The SMILES string of the molecule is CCC1=C(NSCCCCCC(=O)N=O)C=CCCC1. The zero-order valence-corrected chi connectivity index (χ0v) is 13.0. The van der Waals surface area contributed by atoms with Crippen LogP contribution in [0.15, 0.2) is 28.6 Å². The number of nitroso groups, excluding NO2 is 1. The van der Waals surface area contributed by atoms with Gasteiger partial charge in [0.15, 0.2) is 0 Å². The van der Waals surface area contributed by atoms with Gasteiger partial charge in [0.2, 0.25) is 0 Å². The predicted octanol–water partition coefficient (Wildman–Crippen LogP) is 4.48. The second-order valence-corrected chi connectivity index (χ2v) is 5.81. The van der Waals surface area contributed by atoms with Crippen molar-refractivity contribution in [1.29, 1.82) is 0 Å². The number of amides is 1. The largest absolute Gasteiger partial charge is 0.330 e. The molecule has 20 heavy (non-hydrogen) atoms. The van der Waals surface area contributed by atoms with E-state index in [1.54, 1.807) is 11.9 Å². The van der Waals surface area contributed by atoms with E-state index in [2.05, 4.69) is 29.0 Å². The van der Waals surface area contributed by atoms with Gasteiger partial charge in [-0.1, -0.05) is 31.4 Å². The van der Waals surface area contributed by atoms with E-state index in [0.717, 1.165) is 37.9 Å². The van der Waals surface area contributed by atoms with Crippen LogP contribution in [0.1, 0.15) is 58.3 Å². The van der Waals surface area contributed by atoms with Crippen molar-refractivity contribution >= 4 is 17.9 Å². The van der Waals surface area contributed by atoms with Crippen LogP contribution in [-0.2, 0) is 4.79 Å². The standard InChI is InChI=1S/C15H24N2O2S/c1-2-13-9-5-3-6-10-14(13)17-20-12-8-4-7-11-15(18)16-19/h6,10,17H,2-5,7-9,11-12H2,1H3. The Hall–Kier alpha value is -1.10. The topological polar surface area (TPSA) is 58.5 Å². The summed E-state index contributed by atoms with van der Waals surface area (Å²) < 4.78 is 3.45. The van der Waals surface area contributed by atoms with Gasteiger partial charge in [-0.2, -0.15) is 0 Å². The number of nitrogens with zero attached hydrogens (tertiary/aromatic N) is 1. The van der Waals surface area contributed by atoms with Crippen molar-refractivity contribution in [3.8, 4) is 0 Å². The molecule has 1 aliphatic rings. The minimum atomic E-state index is -0.530. The Balaban J connectivity index is 2.15. The third kappa shape index (κ3) is 6.89. The van der Waals surface area contributed by atoms with Gasteiger partial charge in [-0.3, -0.25) is 4.79 Å². The molecule has 0 atom stereocenters. The Bertz CT molecular complexity index is 378. The quantitative estimate of drug-likeness (QED) is 0.387. The lowest BCUT2D eigenvalue weighted by Gasteiger charge is -2.11. The summed E-state index contributed by atoms with van der Waals surface area (Å²) in [6, 6.07) is 0. The monoisotopic (exact) mass is 296 g/mol. The van der Waals surface area contributed by atoms with Crippen LogP contribution in [0.4, 0.5) is 0 Å². The highest BCUT2D eigenvalue weighted by molar-refractivity contribution is 7.97. The van der Waals surface area contributed by atoms with Crippen molar-refractivity contribution in [3.63, 3.8) is 0 Å². The van der Waals surface area contributed by atoms with Gasteiger partial charge in [0.1, 0.15) is 0 Å². The molecule has 5 heteroatoms. The summed E-state index contributed by atoms with van der Waals surface area (Å²) in [4.78, 5) is 20.6. The minimum absolute atomic E-state index is 0.287. The summed E-state index contributed by atoms with van der Waals surface area (Å²) in [5, 5.41) is 2.39. The van der Waals surface area contributed by atoms with E-state index in [0.29, 0.717) is 0 Å². The van der Waals surface area contributed by atoms with Crippen molar-refractivity contribution in [3.05, 3.63) is 28.3 Å². The van der Waals surface area contributed by atoms with Crippen molar-refractivity contribution < 1.29 is 4.79 Å². The van der Waals surface area contributed by atoms with E-state index in [1.165, 1.54) is 24.1 Å². The Morgan fingerprint density at radius 3 is 3.00 bits per heavy atom. The number of rotatable bonds is 9. The van der Waals surface area contributed by atoms with Crippen LogP contribution in [0, 0.1) is 4.91 Å². The number of unbranched alkanes of at least 4 members (excludes halogenated alkanes) is 2. The Kier molecular flexibility index (Phi) is 9.04. The molecule has 0 saturated heterocycles. The van der Waals surface area contributed by atoms with Gasteiger partial charge in [-0.25, -0.2) is 0 Å². The van der Waals surface area contributed by atoms with Gasteiger partial charge >= 0.3 is 0 Å². The van der Waals surface area contributed by atoms with Crippen LogP contribution in [0.25, 0.3) is 0 Å². The Morgan fingerprint density at radius 2 is 2.25 bits per heavy atom. The molecule has 112 valence electrons. The maximum Gasteiger partial charge on any atom is 0.286 e. The first kappa shape index (κ1) is 17.0. The van der Waals surface area contributed by atoms with Crippen LogP contribution < -0.4 is 4.72 Å². The zero-order valence-electron chi connectivity index (χ0n) is 12.2. The number of hydrogen-bond donors (Lipinski definition) is 1. The van der Waals surface area contributed by atoms with Crippen molar-refractivity contribution in [1.82, 2.24) is 4.72 Å². The molecule has 0 radical (unpaired) electrons. The number of hydrogen-bond acceptors (Lipinski definition) is 4. The number of nitrogens with one attached hydrogen (secondary N) is 1. The molecular weight excluding hydrogens is 272 g/mol. The van der Waals surface area contributed by atoms with Crippen LogP contribution in [0.3, 0.4) is 0 Å².